The second kappa shape index (κ2) is 9.79. The summed E-state index contributed by atoms with van der Waals surface area (Å²) in [6, 6.07) is 14.7. The molecule has 0 aliphatic rings. The van der Waals surface area contributed by atoms with Crippen LogP contribution in [0.3, 0.4) is 0 Å². The standard InChI is InChI=1S/C20H22N6O3S/c1-13(14-7-5-4-6-8-14)22-23-19-24-25-20(26(19)21)30-12-16(27)15-9-10-17(28-2)18(11-15)29-3/h4-11H,12,21H2,1-3H3,(H,23,24)/b22-13+. The van der Waals surface area contributed by atoms with Crippen molar-refractivity contribution in [2.75, 3.05) is 31.2 Å². The molecule has 0 aliphatic carbocycles. The van der Waals surface area contributed by atoms with Crippen LogP contribution in [-0.2, 0) is 0 Å². The van der Waals surface area contributed by atoms with Gasteiger partial charge in [0.2, 0.25) is 5.16 Å². The second-order valence-electron chi connectivity index (χ2n) is 6.13. The molecular weight excluding hydrogens is 404 g/mol. The number of nitrogen functional groups attached to an aromatic ring is 1. The van der Waals surface area contributed by atoms with Crippen molar-refractivity contribution in [3.8, 4) is 11.5 Å². The van der Waals surface area contributed by atoms with E-state index in [9.17, 15) is 4.79 Å². The number of ketones is 1. The Kier molecular flexibility index (Phi) is 6.91. The average Bonchev–Trinajstić information content (AvgIpc) is 3.15. The van der Waals surface area contributed by atoms with Crippen molar-refractivity contribution in [1.29, 1.82) is 0 Å². The molecule has 30 heavy (non-hydrogen) atoms. The number of benzene rings is 2. The predicted molar refractivity (Wildman–Crippen MR) is 117 cm³/mol. The summed E-state index contributed by atoms with van der Waals surface area (Å²) < 4.78 is 11.7. The fourth-order valence-electron chi connectivity index (χ4n) is 2.55. The first-order valence-corrected chi connectivity index (χ1v) is 9.96. The smallest absolute Gasteiger partial charge is 0.264 e. The van der Waals surface area contributed by atoms with Crippen LogP contribution in [0.4, 0.5) is 5.95 Å². The third-order valence-corrected chi connectivity index (χ3v) is 5.16. The summed E-state index contributed by atoms with van der Waals surface area (Å²) in [5.41, 5.74) is 5.06. The van der Waals surface area contributed by atoms with Crippen molar-refractivity contribution in [3.05, 3.63) is 59.7 Å². The van der Waals surface area contributed by atoms with E-state index >= 15 is 0 Å². The number of ether oxygens (including phenoxy) is 2. The van der Waals surface area contributed by atoms with Crippen LogP contribution in [0.5, 0.6) is 11.5 Å². The van der Waals surface area contributed by atoms with Gasteiger partial charge in [-0.25, -0.2) is 10.1 Å². The number of aromatic nitrogens is 3. The molecule has 9 nitrogen and oxygen atoms in total. The van der Waals surface area contributed by atoms with E-state index in [1.165, 1.54) is 23.5 Å². The lowest BCUT2D eigenvalue weighted by molar-refractivity contribution is 0.102. The summed E-state index contributed by atoms with van der Waals surface area (Å²) in [5, 5.41) is 12.7. The minimum Gasteiger partial charge on any atom is -0.493 e. The molecule has 1 heterocycles. The number of anilines is 1. The summed E-state index contributed by atoms with van der Waals surface area (Å²) in [6.07, 6.45) is 0. The molecule has 0 saturated carbocycles. The quantitative estimate of drug-likeness (QED) is 0.176. The molecule has 0 radical (unpaired) electrons. The van der Waals surface area contributed by atoms with Gasteiger partial charge >= 0.3 is 0 Å². The number of hydrazone groups is 1. The fraction of sp³-hybridized carbons (Fsp3) is 0.200. The van der Waals surface area contributed by atoms with Crippen molar-refractivity contribution in [2.24, 2.45) is 5.10 Å². The number of nitrogens with two attached hydrogens (primary N) is 1. The number of nitrogens with one attached hydrogen (secondary N) is 1. The highest BCUT2D eigenvalue weighted by Crippen LogP contribution is 2.28. The minimum atomic E-state index is -0.101. The van der Waals surface area contributed by atoms with Crippen LogP contribution in [0.25, 0.3) is 0 Å². The normalized spacial score (nSPS) is 11.2. The highest BCUT2D eigenvalue weighted by molar-refractivity contribution is 7.99. The zero-order chi connectivity index (χ0) is 21.5. The number of thioether (sulfide) groups is 1. The van der Waals surface area contributed by atoms with Gasteiger partial charge in [0, 0.05) is 5.56 Å². The SMILES string of the molecule is COc1ccc(C(=O)CSc2nnc(N/N=C(\C)c3ccccc3)n2N)cc1OC. The number of hydrogen-bond acceptors (Lipinski definition) is 9. The summed E-state index contributed by atoms with van der Waals surface area (Å²) in [7, 11) is 3.06. The number of nitrogens with zero attached hydrogens (tertiary/aromatic N) is 4. The van der Waals surface area contributed by atoms with Gasteiger partial charge in [-0.15, -0.1) is 10.2 Å². The molecule has 0 saturated heterocycles. The molecule has 3 aromatic rings. The summed E-state index contributed by atoms with van der Waals surface area (Å²) in [5.74, 6) is 7.39. The second-order valence-corrected chi connectivity index (χ2v) is 7.08. The zero-order valence-corrected chi connectivity index (χ0v) is 17.6. The van der Waals surface area contributed by atoms with Gasteiger partial charge in [0.15, 0.2) is 17.3 Å². The van der Waals surface area contributed by atoms with Crippen LogP contribution in [-0.4, -0.2) is 46.3 Å². The summed E-state index contributed by atoms with van der Waals surface area (Å²) >= 11 is 1.18. The maximum absolute atomic E-state index is 12.5. The van der Waals surface area contributed by atoms with Gasteiger partial charge < -0.3 is 15.3 Å². The molecule has 0 bridgehead atoms. The Hall–Kier alpha value is -3.53. The topological polar surface area (TPSA) is 117 Å². The van der Waals surface area contributed by atoms with Crippen LogP contribution in [0.2, 0.25) is 0 Å². The molecule has 0 spiro atoms. The lowest BCUT2D eigenvalue weighted by Crippen LogP contribution is -2.14. The maximum Gasteiger partial charge on any atom is 0.264 e. The van der Waals surface area contributed by atoms with Gasteiger partial charge in [0.25, 0.3) is 5.95 Å². The first kappa shape index (κ1) is 21.2. The van der Waals surface area contributed by atoms with E-state index in [-0.39, 0.29) is 17.5 Å². The summed E-state index contributed by atoms with van der Waals surface area (Å²) in [6.45, 7) is 1.87. The molecule has 0 atom stereocenters. The van der Waals surface area contributed by atoms with Crippen molar-refractivity contribution < 1.29 is 14.3 Å². The van der Waals surface area contributed by atoms with Crippen LogP contribution in [0.1, 0.15) is 22.8 Å². The van der Waals surface area contributed by atoms with E-state index in [4.69, 9.17) is 15.3 Å². The number of carbonyl (C=O) groups excluding carboxylic acids is 1. The van der Waals surface area contributed by atoms with E-state index in [0.29, 0.717) is 22.2 Å². The first-order chi connectivity index (χ1) is 14.5. The molecule has 10 heteroatoms. The van der Waals surface area contributed by atoms with Crippen molar-refractivity contribution in [3.63, 3.8) is 0 Å². The molecule has 1 aromatic heterocycles. The Morgan fingerprint density at radius 1 is 1.10 bits per heavy atom. The van der Waals surface area contributed by atoms with Gasteiger partial charge in [-0.1, -0.05) is 42.1 Å². The average molecular weight is 427 g/mol. The third-order valence-electron chi connectivity index (χ3n) is 4.22. The van der Waals surface area contributed by atoms with E-state index < -0.39 is 0 Å². The molecule has 156 valence electrons. The van der Waals surface area contributed by atoms with Crippen LogP contribution in [0, 0.1) is 0 Å². The first-order valence-electron chi connectivity index (χ1n) is 8.97. The lowest BCUT2D eigenvalue weighted by atomic mass is 10.1. The molecule has 0 aliphatic heterocycles. The van der Waals surface area contributed by atoms with Gasteiger partial charge in [-0.2, -0.15) is 5.10 Å². The molecule has 2 aromatic carbocycles. The predicted octanol–water partition coefficient (Wildman–Crippen LogP) is 2.82. The third kappa shape index (κ3) is 4.90. The van der Waals surface area contributed by atoms with Gasteiger partial charge in [-0.3, -0.25) is 4.79 Å². The van der Waals surface area contributed by atoms with E-state index in [1.807, 2.05) is 37.3 Å². The monoisotopic (exact) mass is 426 g/mol. The largest absolute Gasteiger partial charge is 0.493 e. The van der Waals surface area contributed by atoms with E-state index in [1.54, 1.807) is 25.3 Å². The number of methoxy groups -OCH3 is 2. The van der Waals surface area contributed by atoms with E-state index in [0.717, 1.165) is 11.3 Å². The maximum atomic E-state index is 12.5. The fourth-order valence-corrected chi connectivity index (χ4v) is 3.30. The van der Waals surface area contributed by atoms with Gasteiger partial charge in [0.1, 0.15) is 0 Å². The molecule has 0 fully saturated rings. The van der Waals surface area contributed by atoms with Gasteiger partial charge in [0.05, 0.1) is 25.7 Å². The van der Waals surface area contributed by atoms with Gasteiger partial charge in [-0.05, 0) is 30.7 Å². The molecular formula is C20H22N6O3S. The zero-order valence-electron chi connectivity index (χ0n) is 16.8. The highest BCUT2D eigenvalue weighted by atomic mass is 32.2. The highest BCUT2D eigenvalue weighted by Gasteiger charge is 2.15. The molecule has 3 N–H and O–H groups in total. The molecule has 3 rings (SSSR count). The Morgan fingerprint density at radius 2 is 1.83 bits per heavy atom. The van der Waals surface area contributed by atoms with Crippen molar-refractivity contribution >= 4 is 29.2 Å². The Morgan fingerprint density at radius 3 is 2.53 bits per heavy atom. The number of rotatable bonds is 9. The Labute approximate surface area is 178 Å². The van der Waals surface area contributed by atoms with E-state index in [2.05, 4.69) is 20.7 Å². The van der Waals surface area contributed by atoms with Crippen LogP contribution in [0.15, 0.2) is 58.8 Å². The minimum absolute atomic E-state index is 0.101. The Bertz CT molecular complexity index is 1050. The van der Waals surface area contributed by atoms with Crippen LogP contribution < -0.4 is 20.7 Å². The molecule has 0 amide bonds. The number of hydrogen-bond donors (Lipinski definition) is 2. The van der Waals surface area contributed by atoms with Crippen molar-refractivity contribution in [2.45, 2.75) is 12.1 Å². The van der Waals surface area contributed by atoms with Crippen LogP contribution >= 0.6 is 11.8 Å². The summed E-state index contributed by atoms with van der Waals surface area (Å²) in [4.78, 5) is 12.5. The lowest BCUT2D eigenvalue weighted by Gasteiger charge is -2.09. The number of Topliss-reactive ketones (excluding diaryl/α,β-unsaturated/α-hetero) is 1. The Balaban J connectivity index is 1.63. The molecule has 0 unspecified atom stereocenters. The number of carbonyl (C=O) groups is 1. The van der Waals surface area contributed by atoms with Crippen molar-refractivity contribution in [1.82, 2.24) is 14.9 Å².